The quantitative estimate of drug-likeness (QED) is 0.904. The molecule has 2 nitrogen and oxygen atoms in total. The normalized spacial score (nSPS) is 27.2. The van der Waals surface area contributed by atoms with Crippen molar-refractivity contribution in [1.29, 1.82) is 0 Å². The lowest BCUT2D eigenvalue weighted by atomic mass is 9.99. The van der Waals surface area contributed by atoms with E-state index in [1.807, 2.05) is 6.07 Å². The minimum atomic E-state index is 0.616. The molecular formula is C15H25ClN2S. The van der Waals surface area contributed by atoms with Crippen LogP contribution in [-0.4, -0.2) is 30.1 Å². The molecule has 4 heteroatoms. The number of nitrogens with one attached hydrogen (secondary N) is 1. The summed E-state index contributed by atoms with van der Waals surface area (Å²) in [5.74, 6) is 0.736. The van der Waals surface area contributed by atoms with Gasteiger partial charge in [-0.05, 0) is 37.9 Å². The summed E-state index contributed by atoms with van der Waals surface area (Å²) in [7, 11) is 0. The van der Waals surface area contributed by atoms with Crippen molar-refractivity contribution < 1.29 is 0 Å². The van der Waals surface area contributed by atoms with Crippen molar-refractivity contribution in [3.8, 4) is 0 Å². The smallest absolute Gasteiger partial charge is 0.0931 e. The number of halogens is 1. The van der Waals surface area contributed by atoms with Crippen molar-refractivity contribution in [1.82, 2.24) is 10.2 Å². The molecule has 2 heterocycles. The topological polar surface area (TPSA) is 15.3 Å². The molecule has 0 bridgehead atoms. The summed E-state index contributed by atoms with van der Waals surface area (Å²) in [5.41, 5.74) is 0. The lowest BCUT2D eigenvalue weighted by Gasteiger charge is -2.30. The summed E-state index contributed by atoms with van der Waals surface area (Å²) in [6.07, 6.45) is 2.47. The maximum Gasteiger partial charge on any atom is 0.0931 e. The average molecular weight is 301 g/mol. The van der Waals surface area contributed by atoms with Crippen LogP contribution in [-0.2, 0) is 6.54 Å². The highest BCUT2D eigenvalue weighted by molar-refractivity contribution is 7.16. The molecule has 1 N–H and O–H groups in total. The van der Waals surface area contributed by atoms with E-state index in [1.54, 1.807) is 11.3 Å². The van der Waals surface area contributed by atoms with Crippen molar-refractivity contribution in [2.45, 2.75) is 52.2 Å². The summed E-state index contributed by atoms with van der Waals surface area (Å²) in [6.45, 7) is 10.3. The molecule has 0 aromatic carbocycles. The van der Waals surface area contributed by atoms with Gasteiger partial charge in [0.05, 0.1) is 4.34 Å². The summed E-state index contributed by atoms with van der Waals surface area (Å²) in [6, 6.07) is 5.43. The molecular weight excluding hydrogens is 276 g/mol. The van der Waals surface area contributed by atoms with Gasteiger partial charge in [0.25, 0.3) is 0 Å². The van der Waals surface area contributed by atoms with Crippen LogP contribution in [0.4, 0.5) is 0 Å². The second kappa shape index (κ2) is 7.07. The van der Waals surface area contributed by atoms with E-state index in [-0.39, 0.29) is 0 Å². The van der Waals surface area contributed by atoms with E-state index in [0.29, 0.717) is 12.1 Å². The van der Waals surface area contributed by atoms with E-state index in [1.165, 1.54) is 17.7 Å². The Hall–Kier alpha value is -0.0900. The maximum absolute atomic E-state index is 6.04. The standard InChI is InChI=1S/C15H25ClN2S/c1-4-11(2)14-10-18(12(3)7-8-17-14)9-13-5-6-15(16)19-13/h5-6,11-12,14,17H,4,7-10H2,1-3H3. The van der Waals surface area contributed by atoms with Crippen molar-refractivity contribution >= 4 is 22.9 Å². The predicted molar refractivity (Wildman–Crippen MR) is 85.1 cm³/mol. The third kappa shape index (κ3) is 4.19. The SMILES string of the molecule is CCC(C)C1CN(Cc2ccc(Cl)s2)C(C)CCN1. The minimum absolute atomic E-state index is 0.616. The molecule has 1 aliphatic heterocycles. The first-order valence-corrected chi connectivity index (χ1v) is 8.51. The van der Waals surface area contributed by atoms with E-state index in [0.717, 1.165) is 29.9 Å². The van der Waals surface area contributed by atoms with E-state index in [2.05, 4.69) is 37.1 Å². The van der Waals surface area contributed by atoms with Gasteiger partial charge in [0, 0.05) is 30.1 Å². The van der Waals surface area contributed by atoms with Crippen molar-refractivity contribution in [2.24, 2.45) is 5.92 Å². The zero-order chi connectivity index (χ0) is 13.8. The van der Waals surface area contributed by atoms with E-state index in [4.69, 9.17) is 11.6 Å². The van der Waals surface area contributed by atoms with Gasteiger partial charge in [-0.15, -0.1) is 11.3 Å². The molecule has 1 aromatic heterocycles. The second-order valence-corrected chi connectivity index (χ2v) is 7.52. The number of nitrogens with zero attached hydrogens (tertiary/aromatic N) is 1. The van der Waals surface area contributed by atoms with Crippen LogP contribution in [0.1, 0.15) is 38.5 Å². The highest BCUT2D eigenvalue weighted by Crippen LogP contribution is 2.25. The first kappa shape index (κ1) is 15.3. The molecule has 0 spiro atoms. The number of rotatable bonds is 4. The van der Waals surface area contributed by atoms with E-state index >= 15 is 0 Å². The fraction of sp³-hybridized carbons (Fsp3) is 0.733. The fourth-order valence-electron chi connectivity index (χ4n) is 2.68. The van der Waals surface area contributed by atoms with E-state index in [9.17, 15) is 0 Å². The number of hydrogen-bond acceptors (Lipinski definition) is 3. The van der Waals surface area contributed by atoms with Crippen molar-refractivity contribution in [2.75, 3.05) is 13.1 Å². The summed E-state index contributed by atoms with van der Waals surface area (Å²) in [4.78, 5) is 3.99. The van der Waals surface area contributed by atoms with Crippen LogP contribution in [0.15, 0.2) is 12.1 Å². The summed E-state index contributed by atoms with van der Waals surface area (Å²) in [5, 5.41) is 3.72. The number of hydrogen-bond donors (Lipinski definition) is 1. The fourth-order valence-corrected chi connectivity index (χ4v) is 3.79. The largest absolute Gasteiger partial charge is 0.312 e. The molecule has 108 valence electrons. The molecule has 1 saturated heterocycles. The van der Waals surface area contributed by atoms with Gasteiger partial charge < -0.3 is 5.32 Å². The Kier molecular flexibility index (Phi) is 5.70. The molecule has 0 radical (unpaired) electrons. The van der Waals surface area contributed by atoms with Gasteiger partial charge in [-0.2, -0.15) is 0 Å². The van der Waals surface area contributed by atoms with Gasteiger partial charge in [-0.25, -0.2) is 0 Å². The molecule has 19 heavy (non-hydrogen) atoms. The van der Waals surface area contributed by atoms with Gasteiger partial charge in [0.15, 0.2) is 0 Å². The van der Waals surface area contributed by atoms with Crippen LogP contribution < -0.4 is 5.32 Å². The second-order valence-electron chi connectivity index (χ2n) is 5.72. The first-order chi connectivity index (χ1) is 9.10. The monoisotopic (exact) mass is 300 g/mol. The Balaban J connectivity index is 2.02. The Morgan fingerprint density at radius 3 is 2.95 bits per heavy atom. The molecule has 0 saturated carbocycles. The van der Waals surface area contributed by atoms with Crippen molar-refractivity contribution in [3.63, 3.8) is 0 Å². The van der Waals surface area contributed by atoms with Crippen LogP contribution >= 0.6 is 22.9 Å². The maximum atomic E-state index is 6.04. The molecule has 0 aliphatic carbocycles. The third-order valence-corrected chi connectivity index (χ3v) is 5.56. The average Bonchev–Trinajstić information content (AvgIpc) is 2.71. The molecule has 1 fully saturated rings. The van der Waals surface area contributed by atoms with Crippen LogP contribution in [0.3, 0.4) is 0 Å². The van der Waals surface area contributed by atoms with Crippen LogP contribution in [0.2, 0.25) is 4.34 Å². The Labute approximate surface area is 126 Å². The van der Waals surface area contributed by atoms with Gasteiger partial charge >= 0.3 is 0 Å². The van der Waals surface area contributed by atoms with Crippen LogP contribution in [0, 0.1) is 5.92 Å². The molecule has 1 aliphatic rings. The van der Waals surface area contributed by atoms with Crippen LogP contribution in [0.5, 0.6) is 0 Å². The van der Waals surface area contributed by atoms with Gasteiger partial charge in [0.2, 0.25) is 0 Å². The van der Waals surface area contributed by atoms with Gasteiger partial charge in [-0.3, -0.25) is 4.90 Å². The Morgan fingerprint density at radius 2 is 2.32 bits per heavy atom. The third-order valence-electron chi connectivity index (χ3n) is 4.34. The van der Waals surface area contributed by atoms with Gasteiger partial charge in [-0.1, -0.05) is 31.9 Å². The minimum Gasteiger partial charge on any atom is -0.312 e. The Bertz CT molecular complexity index is 393. The van der Waals surface area contributed by atoms with Gasteiger partial charge in [0.1, 0.15) is 0 Å². The molecule has 0 amide bonds. The molecule has 1 aromatic rings. The number of thiophene rings is 1. The Morgan fingerprint density at radius 1 is 1.53 bits per heavy atom. The molecule has 2 rings (SSSR count). The van der Waals surface area contributed by atoms with Crippen molar-refractivity contribution in [3.05, 3.63) is 21.3 Å². The molecule has 3 atom stereocenters. The first-order valence-electron chi connectivity index (χ1n) is 7.31. The lowest BCUT2D eigenvalue weighted by molar-refractivity contribution is 0.182. The summed E-state index contributed by atoms with van der Waals surface area (Å²) >= 11 is 7.74. The summed E-state index contributed by atoms with van der Waals surface area (Å²) < 4.78 is 0.897. The zero-order valence-electron chi connectivity index (χ0n) is 12.2. The molecule has 3 unspecified atom stereocenters. The van der Waals surface area contributed by atoms with E-state index < -0.39 is 0 Å². The predicted octanol–water partition coefficient (Wildman–Crippen LogP) is 4.00. The zero-order valence-corrected chi connectivity index (χ0v) is 13.7. The lowest BCUT2D eigenvalue weighted by Crippen LogP contribution is -2.43. The highest BCUT2D eigenvalue weighted by atomic mass is 35.5. The highest BCUT2D eigenvalue weighted by Gasteiger charge is 2.25. The van der Waals surface area contributed by atoms with Crippen LogP contribution in [0.25, 0.3) is 0 Å².